The van der Waals surface area contributed by atoms with Crippen molar-refractivity contribution in [1.29, 1.82) is 0 Å². The second kappa shape index (κ2) is 9.40. The summed E-state index contributed by atoms with van der Waals surface area (Å²) in [6.45, 7) is 2.18. The van der Waals surface area contributed by atoms with Crippen LogP contribution in [0.5, 0.6) is 0 Å². The molecule has 7 heteroatoms. The third-order valence-electron chi connectivity index (χ3n) is 6.72. The molecule has 1 saturated carbocycles. The maximum absolute atomic E-state index is 13.9. The van der Waals surface area contributed by atoms with Gasteiger partial charge in [0.1, 0.15) is 11.6 Å². The molecule has 1 unspecified atom stereocenters. The van der Waals surface area contributed by atoms with E-state index >= 15 is 0 Å². The molecule has 1 atom stereocenters. The fraction of sp³-hybridized carbons (Fsp3) is 0.346. The van der Waals surface area contributed by atoms with Crippen LogP contribution in [0, 0.1) is 11.7 Å². The molecule has 0 radical (unpaired) electrons. The molecule has 0 bridgehead atoms. The molecule has 1 aliphatic carbocycles. The molecule has 0 spiro atoms. The molecule has 2 heterocycles. The van der Waals surface area contributed by atoms with E-state index in [0.29, 0.717) is 16.9 Å². The lowest BCUT2D eigenvalue weighted by molar-refractivity contribution is 0.302. The number of nitrogens with zero attached hydrogens (tertiary/aromatic N) is 3. The van der Waals surface area contributed by atoms with Gasteiger partial charge in [0.15, 0.2) is 0 Å². The Labute approximate surface area is 202 Å². The van der Waals surface area contributed by atoms with Crippen molar-refractivity contribution in [3.8, 4) is 0 Å². The van der Waals surface area contributed by atoms with Crippen LogP contribution in [-0.4, -0.2) is 21.0 Å². The number of fused-ring (bicyclic) bond motifs is 2. The zero-order chi connectivity index (χ0) is 22.9. The molecule has 1 N–H and O–H groups in total. The standard InChI is InChI=1S/C26H25Cl2FN4/c1-15(31-25-22-13-18(27)6-8-24(22)32-26(28)33-25)12-16-2-4-17(5-3-16)20-10-11-30-23-9-7-19(29)14-21(20)23/h6-11,13-17H,2-5,12H2,1H3,(H,31,32,33)/t15?,16-,17+. The van der Waals surface area contributed by atoms with Crippen molar-refractivity contribution in [3.63, 3.8) is 0 Å². The minimum atomic E-state index is -0.205. The molecule has 2 aromatic heterocycles. The van der Waals surface area contributed by atoms with Crippen molar-refractivity contribution < 1.29 is 4.39 Å². The summed E-state index contributed by atoms with van der Waals surface area (Å²) in [6.07, 6.45) is 7.38. The largest absolute Gasteiger partial charge is 0.367 e. The highest BCUT2D eigenvalue weighted by molar-refractivity contribution is 6.31. The molecule has 33 heavy (non-hydrogen) atoms. The average Bonchev–Trinajstić information content (AvgIpc) is 2.79. The van der Waals surface area contributed by atoms with Gasteiger partial charge in [0.25, 0.3) is 0 Å². The summed E-state index contributed by atoms with van der Waals surface area (Å²) in [7, 11) is 0. The molecule has 0 aliphatic heterocycles. The van der Waals surface area contributed by atoms with Gasteiger partial charge in [-0.05, 0) is 110 Å². The monoisotopic (exact) mass is 482 g/mol. The van der Waals surface area contributed by atoms with Crippen molar-refractivity contribution in [2.75, 3.05) is 5.32 Å². The minimum absolute atomic E-state index is 0.205. The Balaban J connectivity index is 1.25. The summed E-state index contributed by atoms with van der Waals surface area (Å²) in [6, 6.07) is 12.7. The maximum Gasteiger partial charge on any atom is 0.224 e. The first kappa shape index (κ1) is 22.3. The molecule has 1 aliphatic rings. The molecule has 0 amide bonds. The second-order valence-electron chi connectivity index (χ2n) is 9.06. The van der Waals surface area contributed by atoms with Crippen LogP contribution in [0.15, 0.2) is 48.7 Å². The van der Waals surface area contributed by atoms with Gasteiger partial charge in [0.05, 0.1) is 11.0 Å². The number of hydrogen-bond acceptors (Lipinski definition) is 4. The minimum Gasteiger partial charge on any atom is -0.367 e. The van der Waals surface area contributed by atoms with E-state index in [2.05, 4.69) is 33.3 Å². The summed E-state index contributed by atoms with van der Waals surface area (Å²) >= 11 is 12.3. The molecule has 0 saturated heterocycles. The molecular weight excluding hydrogens is 458 g/mol. The van der Waals surface area contributed by atoms with E-state index < -0.39 is 0 Å². The number of nitrogens with one attached hydrogen (secondary N) is 1. The SMILES string of the molecule is CC(C[C@H]1CC[C@@H](c2ccnc3ccc(F)cc32)CC1)Nc1nc(Cl)nc2ccc(Cl)cc12. The van der Waals surface area contributed by atoms with E-state index in [1.165, 1.54) is 11.6 Å². The lowest BCUT2D eigenvalue weighted by Gasteiger charge is -2.31. The van der Waals surface area contributed by atoms with Crippen LogP contribution in [0.4, 0.5) is 10.2 Å². The first-order valence-corrected chi connectivity index (χ1v) is 12.2. The summed E-state index contributed by atoms with van der Waals surface area (Å²) in [4.78, 5) is 13.1. The third-order valence-corrected chi connectivity index (χ3v) is 7.13. The van der Waals surface area contributed by atoms with E-state index in [4.69, 9.17) is 23.2 Å². The van der Waals surface area contributed by atoms with Gasteiger partial charge < -0.3 is 5.32 Å². The molecule has 4 aromatic rings. The highest BCUT2D eigenvalue weighted by atomic mass is 35.5. The number of pyridine rings is 1. The Kier molecular flexibility index (Phi) is 6.35. The molecule has 4 nitrogen and oxygen atoms in total. The van der Waals surface area contributed by atoms with Crippen LogP contribution < -0.4 is 5.32 Å². The second-order valence-corrected chi connectivity index (χ2v) is 9.84. The number of rotatable bonds is 5. The number of anilines is 1. The first-order chi connectivity index (χ1) is 16.0. The summed E-state index contributed by atoms with van der Waals surface area (Å²) < 4.78 is 13.9. The van der Waals surface area contributed by atoms with Crippen LogP contribution in [0.1, 0.15) is 50.5 Å². The number of benzene rings is 2. The highest BCUT2D eigenvalue weighted by Crippen LogP contribution is 2.40. The molecular formula is C26H25Cl2FN4. The summed E-state index contributed by atoms with van der Waals surface area (Å²) in [5, 5.41) is 6.22. The Hall–Kier alpha value is -2.50. The van der Waals surface area contributed by atoms with E-state index in [1.54, 1.807) is 18.2 Å². The molecule has 1 fully saturated rings. The topological polar surface area (TPSA) is 50.7 Å². The van der Waals surface area contributed by atoms with Crippen LogP contribution in [0.2, 0.25) is 10.3 Å². The lowest BCUT2D eigenvalue weighted by Crippen LogP contribution is -2.23. The zero-order valence-corrected chi connectivity index (χ0v) is 19.9. The van der Waals surface area contributed by atoms with E-state index in [0.717, 1.165) is 59.7 Å². The molecule has 170 valence electrons. The van der Waals surface area contributed by atoms with Gasteiger partial charge in [0, 0.05) is 28.0 Å². The number of halogens is 3. The predicted molar refractivity (Wildman–Crippen MR) is 134 cm³/mol. The van der Waals surface area contributed by atoms with Crippen LogP contribution in [-0.2, 0) is 0 Å². The van der Waals surface area contributed by atoms with Gasteiger partial charge in [-0.3, -0.25) is 4.98 Å². The first-order valence-electron chi connectivity index (χ1n) is 11.4. The average molecular weight is 483 g/mol. The highest BCUT2D eigenvalue weighted by Gasteiger charge is 2.25. The number of hydrogen-bond donors (Lipinski definition) is 1. The van der Waals surface area contributed by atoms with E-state index in [1.807, 2.05) is 18.3 Å². The zero-order valence-electron chi connectivity index (χ0n) is 18.4. The fourth-order valence-corrected chi connectivity index (χ4v) is 5.53. The summed E-state index contributed by atoms with van der Waals surface area (Å²) in [5.41, 5.74) is 2.86. The van der Waals surface area contributed by atoms with Crippen LogP contribution >= 0.6 is 23.2 Å². The maximum atomic E-state index is 13.9. The van der Waals surface area contributed by atoms with Gasteiger partial charge in [-0.25, -0.2) is 14.4 Å². The van der Waals surface area contributed by atoms with Gasteiger partial charge >= 0.3 is 0 Å². The van der Waals surface area contributed by atoms with Crippen molar-refractivity contribution in [3.05, 3.63) is 70.3 Å². The van der Waals surface area contributed by atoms with Gasteiger partial charge in [-0.15, -0.1) is 0 Å². The van der Waals surface area contributed by atoms with Crippen LogP contribution in [0.3, 0.4) is 0 Å². The Morgan fingerprint density at radius 2 is 1.76 bits per heavy atom. The Morgan fingerprint density at radius 1 is 0.970 bits per heavy atom. The van der Waals surface area contributed by atoms with Crippen molar-refractivity contribution in [1.82, 2.24) is 15.0 Å². The third kappa shape index (κ3) is 4.90. The Bertz CT molecular complexity index is 1300. The van der Waals surface area contributed by atoms with Crippen molar-refractivity contribution in [2.24, 2.45) is 5.92 Å². The fourth-order valence-electron chi connectivity index (χ4n) is 5.18. The quantitative estimate of drug-likeness (QED) is 0.295. The van der Waals surface area contributed by atoms with Gasteiger partial charge in [0.2, 0.25) is 5.28 Å². The Morgan fingerprint density at radius 3 is 2.58 bits per heavy atom. The van der Waals surface area contributed by atoms with E-state index in [-0.39, 0.29) is 17.1 Å². The predicted octanol–water partition coefficient (Wildman–Crippen LogP) is 7.79. The van der Waals surface area contributed by atoms with Gasteiger partial charge in [-0.1, -0.05) is 11.6 Å². The molecule has 2 aromatic carbocycles. The van der Waals surface area contributed by atoms with Crippen molar-refractivity contribution in [2.45, 2.75) is 51.0 Å². The van der Waals surface area contributed by atoms with Crippen molar-refractivity contribution >= 4 is 50.8 Å². The normalized spacial score (nSPS) is 19.6. The van der Waals surface area contributed by atoms with Crippen LogP contribution in [0.25, 0.3) is 21.8 Å². The van der Waals surface area contributed by atoms with E-state index in [9.17, 15) is 4.39 Å². The molecule has 5 rings (SSSR count). The smallest absolute Gasteiger partial charge is 0.224 e. The lowest BCUT2D eigenvalue weighted by atomic mass is 9.76. The summed E-state index contributed by atoms with van der Waals surface area (Å²) in [5.74, 6) is 1.59. The van der Waals surface area contributed by atoms with Gasteiger partial charge in [-0.2, -0.15) is 0 Å². The number of aromatic nitrogens is 3.